The van der Waals surface area contributed by atoms with Gasteiger partial charge in [0.1, 0.15) is 0 Å². The number of nitrogens with one attached hydrogen (secondary N) is 1. The predicted octanol–water partition coefficient (Wildman–Crippen LogP) is 1.72. The molecule has 78 valence electrons. The van der Waals surface area contributed by atoms with Gasteiger partial charge in [-0.3, -0.25) is 0 Å². The van der Waals surface area contributed by atoms with Crippen molar-refractivity contribution in [1.82, 2.24) is 10.2 Å². The molecule has 2 heteroatoms. The van der Waals surface area contributed by atoms with Crippen molar-refractivity contribution in [2.45, 2.75) is 38.6 Å². The van der Waals surface area contributed by atoms with E-state index < -0.39 is 0 Å². The molecule has 1 saturated heterocycles. The number of likely N-dealkylation sites (tertiary alicyclic amines) is 1. The van der Waals surface area contributed by atoms with Crippen LogP contribution in [0.5, 0.6) is 0 Å². The van der Waals surface area contributed by atoms with Crippen LogP contribution in [0.1, 0.15) is 32.6 Å². The van der Waals surface area contributed by atoms with E-state index in [0.29, 0.717) is 0 Å². The topological polar surface area (TPSA) is 15.3 Å². The zero-order valence-electron chi connectivity index (χ0n) is 9.34. The van der Waals surface area contributed by atoms with E-state index in [-0.39, 0.29) is 0 Å². The maximum absolute atomic E-state index is 3.44. The van der Waals surface area contributed by atoms with Gasteiger partial charge in [0.2, 0.25) is 0 Å². The number of rotatable bonds is 3. The fourth-order valence-corrected chi connectivity index (χ4v) is 2.47. The Morgan fingerprint density at radius 1 is 1.46 bits per heavy atom. The molecule has 0 aromatic rings. The van der Waals surface area contributed by atoms with Gasteiger partial charge in [0.15, 0.2) is 0 Å². The van der Waals surface area contributed by atoms with Crippen molar-refractivity contribution in [3.05, 3.63) is 0 Å². The lowest BCUT2D eigenvalue weighted by molar-refractivity contribution is 0.252. The summed E-state index contributed by atoms with van der Waals surface area (Å²) in [6.07, 6.45) is 5.46. The van der Waals surface area contributed by atoms with Crippen molar-refractivity contribution >= 4 is 0 Å². The highest BCUT2D eigenvalue weighted by atomic mass is 15.1. The molecule has 1 rings (SSSR count). The lowest BCUT2D eigenvalue weighted by Crippen LogP contribution is -2.38. The molecule has 2 nitrogen and oxygen atoms in total. The van der Waals surface area contributed by atoms with Crippen LogP contribution in [0.3, 0.4) is 0 Å². The molecule has 0 aromatic carbocycles. The minimum absolute atomic E-state index is 0.723. The monoisotopic (exact) mass is 184 g/mol. The van der Waals surface area contributed by atoms with Crippen molar-refractivity contribution in [2.75, 3.05) is 27.2 Å². The second kappa shape index (κ2) is 5.61. The molecule has 13 heavy (non-hydrogen) atoms. The zero-order chi connectivity index (χ0) is 9.68. The van der Waals surface area contributed by atoms with Crippen LogP contribution >= 0.6 is 0 Å². The Morgan fingerprint density at radius 2 is 2.23 bits per heavy atom. The van der Waals surface area contributed by atoms with Crippen molar-refractivity contribution in [2.24, 2.45) is 5.92 Å². The Balaban J connectivity index is 2.45. The maximum Gasteiger partial charge on any atom is 0.0102 e. The summed E-state index contributed by atoms with van der Waals surface area (Å²) in [7, 11) is 4.35. The third-order valence-corrected chi connectivity index (χ3v) is 3.29. The first-order valence-corrected chi connectivity index (χ1v) is 5.63. The molecule has 1 aliphatic rings. The Morgan fingerprint density at radius 3 is 2.85 bits per heavy atom. The van der Waals surface area contributed by atoms with E-state index in [4.69, 9.17) is 0 Å². The number of hydrogen-bond acceptors (Lipinski definition) is 2. The van der Waals surface area contributed by atoms with Crippen LogP contribution in [-0.4, -0.2) is 38.1 Å². The van der Waals surface area contributed by atoms with Gasteiger partial charge in [-0.05, 0) is 45.8 Å². The minimum atomic E-state index is 0.723. The third kappa shape index (κ3) is 3.28. The summed E-state index contributed by atoms with van der Waals surface area (Å²) in [6, 6.07) is 0.723. The fraction of sp³-hybridized carbons (Fsp3) is 1.00. The van der Waals surface area contributed by atoms with Crippen molar-refractivity contribution in [3.8, 4) is 0 Å². The molecule has 0 amide bonds. The molecule has 0 spiro atoms. The molecule has 1 N–H and O–H groups in total. The van der Waals surface area contributed by atoms with Crippen molar-refractivity contribution in [3.63, 3.8) is 0 Å². The Bertz CT molecular complexity index is 132. The molecule has 2 unspecified atom stereocenters. The normalized spacial score (nSPS) is 28.4. The van der Waals surface area contributed by atoms with E-state index in [2.05, 4.69) is 31.2 Å². The summed E-state index contributed by atoms with van der Waals surface area (Å²) in [4.78, 5) is 2.48. The molecule has 0 saturated carbocycles. The van der Waals surface area contributed by atoms with E-state index in [1.807, 2.05) is 0 Å². The van der Waals surface area contributed by atoms with E-state index in [0.717, 1.165) is 12.0 Å². The van der Waals surface area contributed by atoms with E-state index in [1.54, 1.807) is 0 Å². The lowest BCUT2D eigenvalue weighted by atomic mass is 9.93. The fourth-order valence-electron chi connectivity index (χ4n) is 2.47. The van der Waals surface area contributed by atoms with E-state index in [1.165, 1.54) is 38.8 Å². The molecule has 1 aliphatic heterocycles. The SMILES string of the molecule is CCC(NC)C1CCCCN(C)C1. The van der Waals surface area contributed by atoms with Gasteiger partial charge >= 0.3 is 0 Å². The lowest BCUT2D eigenvalue weighted by Gasteiger charge is -2.27. The van der Waals surface area contributed by atoms with Crippen LogP contribution in [-0.2, 0) is 0 Å². The summed E-state index contributed by atoms with van der Waals surface area (Å²) in [5, 5.41) is 3.44. The summed E-state index contributed by atoms with van der Waals surface area (Å²) >= 11 is 0. The first-order valence-electron chi connectivity index (χ1n) is 5.63. The standard InChI is InChI=1S/C11H24N2/c1-4-11(12-2)10-7-5-6-8-13(3)9-10/h10-12H,4-9H2,1-3H3. The zero-order valence-corrected chi connectivity index (χ0v) is 9.34. The van der Waals surface area contributed by atoms with Gasteiger partial charge in [0.05, 0.1) is 0 Å². The molecule has 1 heterocycles. The first-order chi connectivity index (χ1) is 6.27. The van der Waals surface area contributed by atoms with Gasteiger partial charge in [0, 0.05) is 12.6 Å². The van der Waals surface area contributed by atoms with Crippen molar-refractivity contribution in [1.29, 1.82) is 0 Å². The molecule has 0 bridgehead atoms. The molecular formula is C11H24N2. The average Bonchev–Trinajstić information content (AvgIpc) is 2.32. The summed E-state index contributed by atoms with van der Waals surface area (Å²) in [5.74, 6) is 0.863. The largest absolute Gasteiger partial charge is 0.317 e. The second-order valence-corrected chi connectivity index (χ2v) is 4.32. The molecule has 1 fully saturated rings. The smallest absolute Gasteiger partial charge is 0.0102 e. The molecule has 2 atom stereocenters. The number of hydrogen-bond donors (Lipinski definition) is 1. The van der Waals surface area contributed by atoms with Crippen molar-refractivity contribution < 1.29 is 0 Å². The Kier molecular flexibility index (Phi) is 4.74. The Labute approximate surface area is 82.7 Å². The predicted molar refractivity (Wildman–Crippen MR) is 58.0 cm³/mol. The van der Waals surface area contributed by atoms with E-state index in [9.17, 15) is 0 Å². The molecule has 0 radical (unpaired) electrons. The third-order valence-electron chi connectivity index (χ3n) is 3.29. The van der Waals surface area contributed by atoms with Crippen LogP contribution in [0, 0.1) is 5.92 Å². The van der Waals surface area contributed by atoms with Crippen LogP contribution in [0.15, 0.2) is 0 Å². The van der Waals surface area contributed by atoms with E-state index >= 15 is 0 Å². The summed E-state index contributed by atoms with van der Waals surface area (Å²) < 4.78 is 0. The van der Waals surface area contributed by atoms with Gasteiger partial charge in [-0.15, -0.1) is 0 Å². The molecule has 0 aliphatic carbocycles. The summed E-state index contributed by atoms with van der Waals surface area (Å²) in [5.41, 5.74) is 0. The van der Waals surface area contributed by atoms with Gasteiger partial charge in [-0.25, -0.2) is 0 Å². The second-order valence-electron chi connectivity index (χ2n) is 4.32. The quantitative estimate of drug-likeness (QED) is 0.718. The van der Waals surface area contributed by atoms with Crippen LogP contribution in [0.4, 0.5) is 0 Å². The highest BCUT2D eigenvalue weighted by molar-refractivity contribution is 4.78. The Hall–Kier alpha value is -0.0800. The van der Waals surface area contributed by atoms with Gasteiger partial charge in [-0.1, -0.05) is 13.3 Å². The van der Waals surface area contributed by atoms with Gasteiger partial charge < -0.3 is 10.2 Å². The van der Waals surface area contributed by atoms with Crippen LogP contribution in [0.25, 0.3) is 0 Å². The highest BCUT2D eigenvalue weighted by Gasteiger charge is 2.21. The summed E-state index contributed by atoms with van der Waals surface area (Å²) in [6.45, 7) is 4.85. The number of nitrogens with zero attached hydrogens (tertiary/aromatic N) is 1. The maximum atomic E-state index is 3.44. The highest BCUT2D eigenvalue weighted by Crippen LogP contribution is 2.20. The molecule has 0 aromatic heterocycles. The van der Waals surface area contributed by atoms with Crippen LogP contribution in [0.2, 0.25) is 0 Å². The van der Waals surface area contributed by atoms with Gasteiger partial charge in [-0.2, -0.15) is 0 Å². The molecular weight excluding hydrogens is 160 g/mol. The average molecular weight is 184 g/mol. The minimum Gasteiger partial charge on any atom is -0.317 e. The first kappa shape index (κ1) is 11.0. The van der Waals surface area contributed by atoms with Gasteiger partial charge in [0.25, 0.3) is 0 Å². The van der Waals surface area contributed by atoms with Crippen LogP contribution < -0.4 is 5.32 Å².